The number of carbonyl (C=O) groups is 2. The fourth-order valence-electron chi connectivity index (χ4n) is 1.29. The average molecular weight is 235 g/mol. The molecule has 4 heteroatoms. The van der Waals surface area contributed by atoms with Gasteiger partial charge in [-0.15, -0.1) is 0 Å². The normalized spacial score (nSPS) is 10.9. The van der Waals surface area contributed by atoms with Crippen molar-refractivity contribution in [2.45, 2.75) is 20.3 Å². The molecule has 0 unspecified atom stereocenters. The Morgan fingerprint density at radius 1 is 1.24 bits per heavy atom. The highest BCUT2D eigenvalue weighted by Crippen LogP contribution is 2.19. The summed E-state index contributed by atoms with van der Waals surface area (Å²) in [5, 5.41) is 11.6. The lowest BCUT2D eigenvalue weighted by atomic mass is 9.90. The van der Waals surface area contributed by atoms with Gasteiger partial charge in [-0.25, -0.2) is 0 Å². The summed E-state index contributed by atoms with van der Waals surface area (Å²) < 4.78 is 0. The minimum absolute atomic E-state index is 0.174. The maximum absolute atomic E-state index is 11.6. The largest absolute Gasteiger partial charge is 0.481 e. The standard InChI is InChI=1S/C13H17NO3/c1-13(2,12(16)17)8-9-14-11(15)10-6-4-3-5-7-10/h3-7H,8-9H2,1-2H3,(H,14,15)(H,16,17). The highest BCUT2D eigenvalue weighted by atomic mass is 16.4. The van der Waals surface area contributed by atoms with E-state index in [0.29, 0.717) is 18.5 Å². The molecule has 0 aliphatic carbocycles. The Hall–Kier alpha value is -1.84. The summed E-state index contributed by atoms with van der Waals surface area (Å²) in [6.07, 6.45) is 0.404. The molecule has 1 rings (SSSR count). The molecule has 1 aromatic carbocycles. The molecule has 0 spiro atoms. The summed E-state index contributed by atoms with van der Waals surface area (Å²) >= 11 is 0. The van der Waals surface area contributed by atoms with E-state index in [1.165, 1.54) is 0 Å². The molecular weight excluding hydrogens is 218 g/mol. The molecule has 0 saturated heterocycles. The zero-order valence-electron chi connectivity index (χ0n) is 10.1. The molecule has 0 saturated carbocycles. The van der Waals surface area contributed by atoms with Gasteiger partial charge < -0.3 is 10.4 Å². The highest BCUT2D eigenvalue weighted by molar-refractivity contribution is 5.94. The van der Waals surface area contributed by atoms with Crippen molar-refractivity contribution in [1.82, 2.24) is 5.32 Å². The van der Waals surface area contributed by atoms with Gasteiger partial charge in [-0.1, -0.05) is 18.2 Å². The second-order valence-corrected chi connectivity index (χ2v) is 4.56. The topological polar surface area (TPSA) is 66.4 Å². The van der Waals surface area contributed by atoms with Crippen LogP contribution in [-0.2, 0) is 4.79 Å². The van der Waals surface area contributed by atoms with Gasteiger partial charge in [-0.3, -0.25) is 9.59 Å². The summed E-state index contributed by atoms with van der Waals surface area (Å²) in [7, 11) is 0. The summed E-state index contributed by atoms with van der Waals surface area (Å²) in [5.74, 6) is -1.03. The predicted octanol–water partition coefficient (Wildman–Crippen LogP) is 1.92. The molecule has 4 nitrogen and oxygen atoms in total. The van der Waals surface area contributed by atoms with Gasteiger partial charge in [-0.05, 0) is 32.4 Å². The van der Waals surface area contributed by atoms with Crippen molar-refractivity contribution in [3.8, 4) is 0 Å². The highest BCUT2D eigenvalue weighted by Gasteiger charge is 2.26. The second-order valence-electron chi connectivity index (χ2n) is 4.56. The number of carboxylic acids is 1. The predicted molar refractivity (Wildman–Crippen MR) is 64.8 cm³/mol. The van der Waals surface area contributed by atoms with Crippen LogP contribution < -0.4 is 5.32 Å². The van der Waals surface area contributed by atoms with Crippen molar-refractivity contribution in [2.75, 3.05) is 6.54 Å². The molecule has 0 heterocycles. The maximum atomic E-state index is 11.6. The Morgan fingerprint density at radius 2 is 1.82 bits per heavy atom. The molecule has 2 N–H and O–H groups in total. The number of rotatable bonds is 5. The van der Waals surface area contributed by atoms with Gasteiger partial charge in [0.15, 0.2) is 0 Å². The minimum atomic E-state index is -0.855. The van der Waals surface area contributed by atoms with Crippen LogP contribution in [0.4, 0.5) is 0 Å². The molecule has 0 aromatic heterocycles. The molecule has 0 atom stereocenters. The van der Waals surface area contributed by atoms with Crippen LogP contribution in [0, 0.1) is 5.41 Å². The molecular formula is C13H17NO3. The van der Waals surface area contributed by atoms with Crippen molar-refractivity contribution in [1.29, 1.82) is 0 Å². The third-order valence-corrected chi connectivity index (χ3v) is 2.65. The zero-order chi connectivity index (χ0) is 12.9. The van der Waals surface area contributed by atoms with Gasteiger partial charge in [0.25, 0.3) is 5.91 Å². The first-order valence-electron chi connectivity index (χ1n) is 5.50. The Bertz CT molecular complexity index is 398. The Morgan fingerprint density at radius 3 is 2.35 bits per heavy atom. The van der Waals surface area contributed by atoms with Crippen molar-refractivity contribution in [2.24, 2.45) is 5.41 Å². The summed E-state index contributed by atoms with van der Waals surface area (Å²) in [4.78, 5) is 22.5. The molecule has 92 valence electrons. The first-order valence-corrected chi connectivity index (χ1v) is 5.50. The van der Waals surface area contributed by atoms with Gasteiger partial charge in [-0.2, -0.15) is 0 Å². The van der Waals surface area contributed by atoms with E-state index in [4.69, 9.17) is 5.11 Å². The molecule has 17 heavy (non-hydrogen) atoms. The fraction of sp³-hybridized carbons (Fsp3) is 0.385. The van der Waals surface area contributed by atoms with E-state index >= 15 is 0 Å². The molecule has 0 bridgehead atoms. The van der Waals surface area contributed by atoms with Crippen molar-refractivity contribution in [3.05, 3.63) is 35.9 Å². The molecule has 0 radical (unpaired) electrons. The van der Waals surface area contributed by atoms with E-state index in [2.05, 4.69) is 5.32 Å². The quantitative estimate of drug-likeness (QED) is 0.819. The lowest BCUT2D eigenvalue weighted by molar-refractivity contribution is -0.147. The van der Waals surface area contributed by atoms with E-state index in [9.17, 15) is 9.59 Å². The SMILES string of the molecule is CC(C)(CCNC(=O)c1ccccc1)C(=O)O. The Balaban J connectivity index is 2.43. The zero-order valence-corrected chi connectivity index (χ0v) is 10.1. The molecule has 0 aliphatic heterocycles. The number of carbonyl (C=O) groups excluding carboxylic acids is 1. The first-order chi connectivity index (χ1) is 7.93. The molecule has 0 fully saturated rings. The number of hydrogen-bond acceptors (Lipinski definition) is 2. The first kappa shape index (κ1) is 13.2. The van der Waals surface area contributed by atoms with Crippen LogP contribution in [0.25, 0.3) is 0 Å². The summed E-state index contributed by atoms with van der Waals surface area (Å²) in [6.45, 7) is 3.64. The smallest absolute Gasteiger partial charge is 0.309 e. The number of nitrogens with one attached hydrogen (secondary N) is 1. The van der Waals surface area contributed by atoms with E-state index in [1.807, 2.05) is 6.07 Å². The number of carboxylic acid groups (broad SMARTS) is 1. The van der Waals surface area contributed by atoms with Crippen LogP contribution in [0.3, 0.4) is 0 Å². The van der Waals surface area contributed by atoms with Gasteiger partial charge in [0.05, 0.1) is 5.41 Å². The van der Waals surface area contributed by atoms with Crippen molar-refractivity contribution < 1.29 is 14.7 Å². The van der Waals surface area contributed by atoms with E-state index in [0.717, 1.165) is 0 Å². The van der Waals surface area contributed by atoms with Crippen molar-refractivity contribution in [3.63, 3.8) is 0 Å². The van der Waals surface area contributed by atoms with Crippen LogP contribution in [0.5, 0.6) is 0 Å². The summed E-state index contributed by atoms with van der Waals surface area (Å²) in [5.41, 5.74) is -0.232. The lowest BCUT2D eigenvalue weighted by Gasteiger charge is -2.18. The van der Waals surface area contributed by atoms with Gasteiger partial charge in [0.1, 0.15) is 0 Å². The minimum Gasteiger partial charge on any atom is -0.481 e. The third kappa shape index (κ3) is 3.90. The fourth-order valence-corrected chi connectivity index (χ4v) is 1.29. The van der Waals surface area contributed by atoms with E-state index in [-0.39, 0.29) is 5.91 Å². The molecule has 1 aromatic rings. The van der Waals surface area contributed by atoms with Crippen LogP contribution in [0.1, 0.15) is 30.6 Å². The molecule has 0 aliphatic rings. The van der Waals surface area contributed by atoms with Crippen LogP contribution in [-0.4, -0.2) is 23.5 Å². The molecule has 1 amide bonds. The number of amides is 1. The number of hydrogen-bond donors (Lipinski definition) is 2. The average Bonchev–Trinajstić information content (AvgIpc) is 2.29. The van der Waals surface area contributed by atoms with Crippen LogP contribution >= 0.6 is 0 Å². The Kier molecular flexibility index (Phi) is 4.26. The lowest BCUT2D eigenvalue weighted by Crippen LogP contribution is -2.31. The van der Waals surface area contributed by atoms with Gasteiger partial charge in [0, 0.05) is 12.1 Å². The number of benzene rings is 1. The van der Waals surface area contributed by atoms with Crippen molar-refractivity contribution >= 4 is 11.9 Å². The Labute approximate surface area is 101 Å². The van der Waals surface area contributed by atoms with Gasteiger partial charge in [0.2, 0.25) is 0 Å². The summed E-state index contributed by atoms with van der Waals surface area (Å²) in [6, 6.07) is 8.85. The monoisotopic (exact) mass is 235 g/mol. The van der Waals surface area contributed by atoms with Crippen LogP contribution in [0.2, 0.25) is 0 Å². The van der Waals surface area contributed by atoms with Crippen LogP contribution in [0.15, 0.2) is 30.3 Å². The van der Waals surface area contributed by atoms with Gasteiger partial charge >= 0.3 is 5.97 Å². The van der Waals surface area contributed by atoms with E-state index < -0.39 is 11.4 Å². The second kappa shape index (κ2) is 5.48. The number of aliphatic carboxylic acids is 1. The third-order valence-electron chi connectivity index (χ3n) is 2.65. The maximum Gasteiger partial charge on any atom is 0.309 e. The van der Waals surface area contributed by atoms with E-state index in [1.54, 1.807) is 38.1 Å².